The molecule has 1 aliphatic heterocycles. The van der Waals surface area contributed by atoms with Gasteiger partial charge in [-0.2, -0.15) is 5.26 Å². The molecule has 0 N–H and O–H groups in total. The lowest BCUT2D eigenvalue weighted by molar-refractivity contribution is 0.402. The number of aromatic nitrogens is 1. The van der Waals surface area contributed by atoms with Crippen molar-refractivity contribution in [1.29, 1.82) is 5.26 Å². The minimum atomic E-state index is 0.499. The summed E-state index contributed by atoms with van der Waals surface area (Å²) in [6, 6.07) is 18.5. The fourth-order valence-corrected chi connectivity index (χ4v) is 2.98. The van der Waals surface area contributed by atoms with Gasteiger partial charge >= 0.3 is 0 Å². The van der Waals surface area contributed by atoms with Crippen LogP contribution in [-0.2, 0) is 6.42 Å². The van der Waals surface area contributed by atoms with Gasteiger partial charge in [0.15, 0.2) is 0 Å². The third-order valence-corrected chi connectivity index (χ3v) is 4.15. The average Bonchev–Trinajstić information content (AvgIpc) is 2.56. The predicted molar refractivity (Wildman–Crippen MR) is 84.0 cm³/mol. The summed E-state index contributed by atoms with van der Waals surface area (Å²) < 4.78 is 0. The van der Waals surface area contributed by atoms with Gasteiger partial charge in [-0.15, -0.1) is 0 Å². The standard InChI is InChI=1S/C18H19N3/c19-14-17-7-4-8-18(20-17)21-11-9-16(10-12-21)13-15-5-2-1-3-6-15/h1-8,16H,9-13H2. The van der Waals surface area contributed by atoms with Crippen LogP contribution >= 0.6 is 0 Å². The molecule has 0 bridgehead atoms. The Labute approximate surface area is 125 Å². The Bertz CT molecular complexity index is 622. The van der Waals surface area contributed by atoms with Crippen LogP contribution in [0.1, 0.15) is 24.1 Å². The van der Waals surface area contributed by atoms with Gasteiger partial charge in [0.25, 0.3) is 0 Å². The minimum absolute atomic E-state index is 0.499. The van der Waals surface area contributed by atoms with Crippen molar-refractivity contribution in [2.24, 2.45) is 5.92 Å². The molecule has 0 atom stereocenters. The highest BCUT2D eigenvalue weighted by Gasteiger charge is 2.20. The zero-order valence-corrected chi connectivity index (χ0v) is 12.1. The van der Waals surface area contributed by atoms with Gasteiger partial charge in [0, 0.05) is 13.1 Å². The zero-order valence-electron chi connectivity index (χ0n) is 12.1. The molecule has 3 rings (SSSR count). The number of nitrogens with zero attached hydrogens (tertiary/aromatic N) is 3. The van der Waals surface area contributed by atoms with Crippen molar-refractivity contribution < 1.29 is 0 Å². The van der Waals surface area contributed by atoms with E-state index in [-0.39, 0.29) is 0 Å². The van der Waals surface area contributed by atoms with Crippen molar-refractivity contribution in [1.82, 2.24) is 4.98 Å². The predicted octanol–water partition coefficient (Wildman–Crippen LogP) is 3.41. The van der Waals surface area contributed by atoms with Gasteiger partial charge < -0.3 is 4.90 Å². The van der Waals surface area contributed by atoms with Crippen LogP contribution in [0.3, 0.4) is 0 Å². The molecule has 0 saturated carbocycles. The van der Waals surface area contributed by atoms with Gasteiger partial charge in [0.1, 0.15) is 17.6 Å². The van der Waals surface area contributed by atoms with Crippen LogP contribution in [-0.4, -0.2) is 18.1 Å². The minimum Gasteiger partial charge on any atom is -0.357 e. The van der Waals surface area contributed by atoms with Crippen LogP contribution in [0.25, 0.3) is 0 Å². The lowest BCUT2D eigenvalue weighted by Gasteiger charge is -2.33. The molecular weight excluding hydrogens is 258 g/mol. The number of hydrogen-bond donors (Lipinski definition) is 0. The number of rotatable bonds is 3. The fourth-order valence-electron chi connectivity index (χ4n) is 2.98. The normalized spacial score (nSPS) is 15.7. The zero-order chi connectivity index (χ0) is 14.5. The first-order valence-electron chi connectivity index (χ1n) is 7.51. The highest BCUT2D eigenvalue weighted by molar-refractivity contribution is 5.41. The quantitative estimate of drug-likeness (QED) is 0.863. The van der Waals surface area contributed by atoms with Crippen molar-refractivity contribution in [3.05, 3.63) is 59.8 Å². The molecule has 0 radical (unpaired) electrons. The smallest absolute Gasteiger partial charge is 0.142 e. The van der Waals surface area contributed by atoms with Gasteiger partial charge in [-0.25, -0.2) is 4.98 Å². The summed E-state index contributed by atoms with van der Waals surface area (Å²) >= 11 is 0. The van der Waals surface area contributed by atoms with E-state index >= 15 is 0 Å². The molecule has 21 heavy (non-hydrogen) atoms. The van der Waals surface area contributed by atoms with Gasteiger partial charge in [0.2, 0.25) is 0 Å². The summed E-state index contributed by atoms with van der Waals surface area (Å²) in [7, 11) is 0. The topological polar surface area (TPSA) is 39.9 Å². The van der Waals surface area contributed by atoms with E-state index < -0.39 is 0 Å². The molecule has 0 amide bonds. The molecule has 1 aromatic carbocycles. The lowest BCUT2D eigenvalue weighted by Crippen LogP contribution is -2.34. The molecule has 3 heteroatoms. The van der Waals surface area contributed by atoms with E-state index in [9.17, 15) is 0 Å². The summed E-state index contributed by atoms with van der Waals surface area (Å²) in [6.45, 7) is 2.05. The van der Waals surface area contributed by atoms with Gasteiger partial charge in [0.05, 0.1) is 0 Å². The van der Waals surface area contributed by atoms with Crippen LogP contribution in [0.5, 0.6) is 0 Å². The molecule has 0 aliphatic carbocycles. The van der Waals surface area contributed by atoms with E-state index in [4.69, 9.17) is 5.26 Å². The molecule has 2 heterocycles. The summed E-state index contributed by atoms with van der Waals surface area (Å²) in [4.78, 5) is 6.68. The Morgan fingerprint density at radius 3 is 2.52 bits per heavy atom. The Morgan fingerprint density at radius 2 is 1.81 bits per heavy atom. The second-order valence-corrected chi connectivity index (χ2v) is 5.61. The van der Waals surface area contributed by atoms with Gasteiger partial charge in [-0.05, 0) is 42.9 Å². The van der Waals surface area contributed by atoms with E-state index in [0.29, 0.717) is 5.69 Å². The van der Waals surface area contributed by atoms with Gasteiger partial charge in [-0.1, -0.05) is 36.4 Å². The number of hydrogen-bond acceptors (Lipinski definition) is 3. The van der Waals surface area contributed by atoms with Crippen LogP contribution < -0.4 is 4.90 Å². The number of nitriles is 1. The summed E-state index contributed by atoms with van der Waals surface area (Å²) in [5, 5.41) is 8.94. The second kappa shape index (κ2) is 6.41. The maximum absolute atomic E-state index is 8.94. The highest BCUT2D eigenvalue weighted by atomic mass is 15.2. The van der Waals surface area contributed by atoms with E-state index in [2.05, 4.69) is 46.3 Å². The lowest BCUT2D eigenvalue weighted by atomic mass is 9.90. The van der Waals surface area contributed by atoms with Crippen LogP contribution in [0.4, 0.5) is 5.82 Å². The third-order valence-electron chi connectivity index (χ3n) is 4.15. The molecular formula is C18H19N3. The highest BCUT2D eigenvalue weighted by Crippen LogP contribution is 2.24. The summed E-state index contributed by atoms with van der Waals surface area (Å²) in [5.74, 6) is 1.69. The maximum atomic E-state index is 8.94. The van der Waals surface area contributed by atoms with Crippen LogP contribution in [0.2, 0.25) is 0 Å². The number of benzene rings is 1. The molecule has 3 nitrogen and oxygen atoms in total. The molecule has 0 unspecified atom stereocenters. The molecule has 106 valence electrons. The van der Waals surface area contributed by atoms with Crippen molar-refractivity contribution >= 4 is 5.82 Å². The second-order valence-electron chi connectivity index (χ2n) is 5.61. The largest absolute Gasteiger partial charge is 0.357 e. The summed E-state index contributed by atoms with van der Waals surface area (Å²) in [6.07, 6.45) is 3.54. The maximum Gasteiger partial charge on any atom is 0.142 e. The molecule has 0 spiro atoms. The van der Waals surface area contributed by atoms with Crippen molar-refractivity contribution in [2.75, 3.05) is 18.0 Å². The molecule has 1 fully saturated rings. The first-order chi connectivity index (χ1) is 10.3. The van der Waals surface area contributed by atoms with Crippen molar-refractivity contribution in [3.8, 4) is 6.07 Å². The van der Waals surface area contributed by atoms with Crippen molar-refractivity contribution in [2.45, 2.75) is 19.3 Å². The van der Waals surface area contributed by atoms with E-state index in [1.165, 1.54) is 24.8 Å². The summed E-state index contributed by atoms with van der Waals surface area (Å²) in [5.41, 5.74) is 1.93. The Morgan fingerprint density at radius 1 is 1.05 bits per heavy atom. The molecule has 1 aliphatic rings. The monoisotopic (exact) mass is 277 g/mol. The molecule has 1 saturated heterocycles. The first kappa shape index (κ1) is 13.6. The Hall–Kier alpha value is -2.34. The SMILES string of the molecule is N#Cc1cccc(N2CCC(Cc3ccccc3)CC2)n1. The number of pyridine rings is 1. The van der Waals surface area contributed by atoms with E-state index in [1.807, 2.05) is 12.1 Å². The Balaban J connectivity index is 1.59. The van der Waals surface area contributed by atoms with E-state index in [1.54, 1.807) is 6.07 Å². The van der Waals surface area contributed by atoms with Crippen molar-refractivity contribution in [3.63, 3.8) is 0 Å². The molecule has 2 aromatic rings. The molecule has 1 aromatic heterocycles. The first-order valence-corrected chi connectivity index (χ1v) is 7.51. The average molecular weight is 277 g/mol. The fraction of sp³-hybridized carbons (Fsp3) is 0.333. The van der Waals surface area contributed by atoms with Gasteiger partial charge in [-0.3, -0.25) is 0 Å². The third kappa shape index (κ3) is 3.41. The number of anilines is 1. The van der Waals surface area contributed by atoms with E-state index in [0.717, 1.165) is 24.8 Å². The Kier molecular flexibility index (Phi) is 4.16. The van der Waals surface area contributed by atoms with Crippen LogP contribution in [0.15, 0.2) is 48.5 Å². The van der Waals surface area contributed by atoms with Crippen LogP contribution in [0, 0.1) is 17.2 Å². The number of piperidine rings is 1.